The van der Waals surface area contributed by atoms with Gasteiger partial charge in [0.05, 0.1) is 0 Å². The Balaban J connectivity index is 1.95. The van der Waals surface area contributed by atoms with Gasteiger partial charge in [-0.25, -0.2) is 4.79 Å². The Kier molecular flexibility index (Phi) is 6.53. The van der Waals surface area contributed by atoms with Crippen molar-refractivity contribution in [1.82, 2.24) is 0 Å². The van der Waals surface area contributed by atoms with E-state index in [-0.39, 0.29) is 5.91 Å². The maximum absolute atomic E-state index is 12.3. The summed E-state index contributed by atoms with van der Waals surface area (Å²) in [5.74, 6) is -0.925. The number of nitrogens with one attached hydrogen (secondary N) is 1. The van der Waals surface area contributed by atoms with Crippen LogP contribution in [0.25, 0.3) is 6.08 Å². The van der Waals surface area contributed by atoms with Gasteiger partial charge >= 0.3 is 5.97 Å². The number of rotatable bonds is 5. The molecule has 1 N–H and O–H groups in total. The number of hydrogen-bond acceptors (Lipinski definition) is 3. The number of aryl methyl sites for hydroxylation is 2. The zero-order valence-electron chi connectivity index (χ0n) is 14.4. The average Bonchev–Trinajstić information content (AvgIpc) is 2.56. The van der Waals surface area contributed by atoms with Gasteiger partial charge in [-0.15, -0.1) is 0 Å². The molecule has 0 fully saturated rings. The van der Waals surface area contributed by atoms with Gasteiger partial charge < -0.3 is 10.1 Å². The molecule has 0 aliphatic heterocycles. The van der Waals surface area contributed by atoms with Gasteiger partial charge in [0, 0.05) is 16.2 Å². The number of esters is 1. The zero-order chi connectivity index (χ0) is 18.4. The van der Waals surface area contributed by atoms with Gasteiger partial charge in [-0.3, -0.25) is 4.79 Å². The van der Waals surface area contributed by atoms with Gasteiger partial charge in [-0.2, -0.15) is 0 Å². The van der Waals surface area contributed by atoms with E-state index < -0.39 is 12.1 Å². The quantitative estimate of drug-likeness (QED) is 0.585. The number of ether oxygens (including phenoxy) is 1. The molecule has 1 amide bonds. The number of halogens is 1. The Hall–Kier alpha value is -2.40. The van der Waals surface area contributed by atoms with Crippen molar-refractivity contribution < 1.29 is 14.3 Å². The smallest absolute Gasteiger partial charge is 0.331 e. The molecule has 5 heteroatoms. The van der Waals surface area contributed by atoms with Gasteiger partial charge in [0.15, 0.2) is 6.10 Å². The second-order valence-electron chi connectivity index (χ2n) is 5.72. The number of carbonyl (C=O) groups excluding carboxylic acids is 2. The number of benzene rings is 2. The minimum absolute atomic E-state index is 0.360. The molecule has 0 spiro atoms. The summed E-state index contributed by atoms with van der Waals surface area (Å²) in [6.45, 7) is 5.38. The summed E-state index contributed by atoms with van der Waals surface area (Å²) in [4.78, 5) is 24.2. The maximum atomic E-state index is 12.3. The third kappa shape index (κ3) is 5.57. The normalized spacial score (nSPS) is 12.0. The van der Waals surface area contributed by atoms with Crippen molar-refractivity contribution in [1.29, 1.82) is 0 Å². The fourth-order valence-electron chi connectivity index (χ4n) is 2.28. The predicted molar refractivity (Wildman–Crippen MR) is 103 cm³/mol. The van der Waals surface area contributed by atoms with E-state index in [9.17, 15) is 9.59 Å². The Bertz CT molecular complexity index is 794. The first-order valence-corrected chi connectivity index (χ1v) is 8.67. The monoisotopic (exact) mass is 401 g/mol. The Morgan fingerprint density at radius 3 is 2.40 bits per heavy atom. The van der Waals surface area contributed by atoms with E-state index in [4.69, 9.17) is 4.74 Å². The fourth-order valence-corrected chi connectivity index (χ4v) is 2.69. The van der Waals surface area contributed by atoms with Crippen LogP contribution in [-0.4, -0.2) is 18.0 Å². The summed E-state index contributed by atoms with van der Waals surface area (Å²) in [5, 5.41) is 2.82. The van der Waals surface area contributed by atoms with Crippen molar-refractivity contribution in [3.63, 3.8) is 0 Å². The Morgan fingerprint density at radius 2 is 1.76 bits per heavy atom. The van der Waals surface area contributed by atoms with Crippen molar-refractivity contribution in [2.45, 2.75) is 26.9 Å². The van der Waals surface area contributed by atoms with E-state index in [0.717, 1.165) is 26.9 Å². The van der Waals surface area contributed by atoms with Gasteiger partial charge in [-0.05, 0) is 55.7 Å². The fraction of sp³-hybridized carbons (Fsp3) is 0.200. The number of hydrogen-bond donors (Lipinski definition) is 1. The minimum atomic E-state index is -0.890. The van der Waals surface area contributed by atoms with Crippen LogP contribution in [0.4, 0.5) is 5.69 Å². The van der Waals surface area contributed by atoms with Crippen LogP contribution in [0.3, 0.4) is 0 Å². The third-order valence-electron chi connectivity index (χ3n) is 3.65. The molecular formula is C20H20BrNO3. The largest absolute Gasteiger partial charge is 0.449 e. The highest BCUT2D eigenvalue weighted by Crippen LogP contribution is 2.20. The lowest BCUT2D eigenvalue weighted by Gasteiger charge is -2.15. The molecule has 0 heterocycles. The van der Waals surface area contributed by atoms with Crippen LogP contribution in [0.5, 0.6) is 0 Å². The van der Waals surface area contributed by atoms with E-state index in [1.165, 1.54) is 6.08 Å². The molecule has 0 radical (unpaired) electrons. The number of carbonyl (C=O) groups is 2. The maximum Gasteiger partial charge on any atom is 0.331 e. The summed E-state index contributed by atoms with van der Waals surface area (Å²) in [6.07, 6.45) is 2.06. The first kappa shape index (κ1) is 18.9. The summed E-state index contributed by atoms with van der Waals surface area (Å²) in [5.41, 5.74) is 3.53. The molecule has 0 aromatic heterocycles. The van der Waals surface area contributed by atoms with Gasteiger partial charge in [0.1, 0.15) is 0 Å². The molecule has 0 aliphatic carbocycles. The highest BCUT2D eigenvalue weighted by molar-refractivity contribution is 9.10. The van der Waals surface area contributed by atoms with Crippen LogP contribution >= 0.6 is 15.9 Å². The molecule has 1 atom stereocenters. The third-order valence-corrected chi connectivity index (χ3v) is 4.15. The molecule has 2 aromatic carbocycles. The first-order valence-electron chi connectivity index (χ1n) is 7.88. The van der Waals surface area contributed by atoms with Crippen molar-refractivity contribution in [3.8, 4) is 0 Å². The van der Waals surface area contributed by atoms with Crippen LogP contribution in [0.1, 0.15) is 23.6 Å². The second kappa shape index (κ2) is 8.62. The van der Waals surface area contributed by atoms with Crippen LogP contribution in [-0.2, 0) is 14.3 Å². The molecule has 2 rings (SSSR count). The van der Waals surface area contributed by atoms with Crippen molar-refractivity contribution in [3.05, 3.63) is 69.7 Å². The minimum Gasteiger partial charge on any atom is -0.449 e. The predicted octanol–water partition coefficient (Wildman–Crippen LogP) is 4.65. The van der Waals surface area contributed by atoms with E-state index >= 15 is 0 Å². The molecule has 0 aliphatic rings. The molecule has 0 saturated heterocycles. The number of amides is 1. The second-order valence-corrected chi connectivity index (χ2v) is 6.64. The molecule has 130 valence electrons. The SMILES string of the molecule is Cc1cccc(C)c1NC(=O)[C@H](C)OC(=O)/C=C/c1cccc(Br)c1. The molecule has 0 bridgehead atoms. The summed E-state index contributed by atoms with van der Waals surface area (Å²) >= 11 is 3.37. The number of para-hydroxylation sites is 1. The van der Waals surface area contributed by atoms with Crippen LogP contribution in [0.15, 0.2) is 53.0 Å². The van der Waals surface area contributed by atoms with Gasteiger partial charge in [0.2, 0.25) is 0 Å². The highest BCUT2D eigenvalue weighted by Gasteiger charge is 2.18. The van der Waals surface area contributed by atoms with Gasteiger partial charge in [-0.1, -0.05) is 46.3 Å². The summed E-state index contributed by atoms with van der Waals surface area (Å²) < 4.78 is 6.09. The van der Waals surface area contributed by atoms with Crippen molar-refractivity contribution in [2.75, 3.05) is 5.32 Å². The standard InChI is InChI=1S/C20H20BrNO3/c1-13-6-4-7-14(2)19(13)22-20(24)15(3)25-18(23)11-10-16-8-5-9-17(21)12-16/h4-12,15H,1-3H3,(H,22,24)/b11-10+/t15-/m0/s1. The molecule has 2 aromatic rings. The molecule has 0 saturated carbocycles. The lowest BCUT2D eigenvalue weighted by Crippen LogP contribution is -2.30. The summed E-state index contributed by atoms with van der Waals surface area (Å²) in [6, 6.07) is 13.3. The van der Waals surface area contributed by atoms with Crippen LogP contribution < -0.4 is 5.32 Å². The molecule has 0 unspecified atom stereocenters. The Labute approximate surface area is 156 Å². The van der Waals surface area contributed by atoms with E-state index in [1.807, 2.05) is 56.3 Å². The number of anilines is 1. The van der Waals surface area contributed by atoms with E-state index in [2.05, 4.69) is 21.2 Å². The molecular weight excluding hydrogens is 382 g/mol. The van der Waals surface area contributed by atoms with Crippen molar-refractivity contribution >= 4 is 39.6 Å². The lowest BCUT2D eigenvalue weighted by atomic mass is 10.1. The Morgan fingerprint density at radius 1 is 1.12 bits per heavy atom. The van der Waals surface area contributed by atoms with E-state index in [0.29, 0.717) is 0 Å². The average molecular weight is 402 g/mol. The first-order chi connectivity index (χ1) is 11.9. The van der Waals surface area contributed by atoms with Crippen molar-refractivity contribution in [2.24, 2.45) is 0 Å². The molecule has 25 heavy (non-hydrogen) atoms. The zero-order valence-corrected chi connectivity index (χ0v) is 16.0. The van der Waals surface area contributed by atoms with Crippen LogP contribution in [0, 0.1) is 13.8 Å². The lowest BCUT2D eigenvalue weighted by molar-refractivity contribution is -0.148. The topological polar surface area (TPSA) is 55.4 Å². The summed E-state index contributed by atoms with van der Waals surface area (Å²) in [7, 11) is 0. The van der Waals surface area contributed by atoms with Gasteiger partial charge in [0.25, 0.3) is 5.91 Å². The van der Waals surface area contributed by atoms with Crippen LogP contribution in [0.2, 0.25) is 0 Å². The highest BCUT2D eigenvalue weighted by atomic mass is 79.9. The van der Waals surface area contributed by atoms with E-state index in [1.54, 1.807) is 13.0 Å². The molecule has 4 nitrogen and oxygen atoms in total.